The summed E-state index contributed by atoms with van der Waals surface area (Å²) in [5.41, 5.74) is 0.728. The molecule has 24 heavy (non-hydrogen) atoms. The van der Waals surface area contributed by atoms with E-state index in [1.54, 1.807) is 17.0 Å². The molecule has 3 aromatic rings. The van der Waals surface area contributed by atoms with Crippen molar-refractivity contribution in [3.05, 3.63) is 29.5 Å². The van der Waals surface area contributed by atoms with Gasteiger partial charge in [0.05, 0.1) is 0 Å². The van der Waals surface area contributed by atoms with E-state index in [0.717, 1.165) is 42.3 Å². The molecule has 0 radical (unpaired) electrons. The fraction of sp³-hybridized carbons (Fsp3) is 0.400. The van der Waals surface area contributed by atoms with Crippen LogP contribution in [0.5, 0.6) is 0 Å². The average molecular weight is 343 g/mol. The van der Waals surface area contributed by atoms with E-state index >= 15 is 0 Å². The monoisotopic (exact) mass is 343 g/mol. The van der Waals surface area contributed by atoms with Crippen molar-refractivity contribution in [3.63, 3.8) is 0 Å². The van der Waals surface area contributed by atoms with Crippen LogP contribution in [0.4, 0.5) is 10.9 Å². The highest BCUT2D eigenvalue weighted by Crippen LogP contribution is 2.24. The third kappa shape index (κ3) is 2.94. The molecule has 0 unspecified atom stereocenters. The number of aromatic nitrogens is 5. The molecule has 1 aliphatic heterocycles. The van der Waals surface area contributed by atoms with Gasteiger partial charge in [0, 0.05) is 30.1 Å². The molecule has 0 bridgehead atoms. The molecular weight excluding hydrogens is 326 g/mol. The Kier molecular flexibility index (Phi) is 3.85. The maximum atomic E-state index is 12.4. The molecule has 0 spiro atoms. The standard InChI is InChI=1S/C15H17N7OS/c1-10-8-16-15(24-10)18-14(23)11-4-6-21(7-5-11)13-3-2-12-19-17-9-22(12)20-13/h2-3,8-9,11H,4-7H2,1H3,(H,16,18,23). The first kappa shape index (κ1) is 15.0. The number of piperidine rings is 1. The van der Waals surface area contributed by atoms with Crippen molar-refractivity contribution in [3.8, 4) is 0 Å². The van der Waals surface area contributed by atoms with Gasteiger partial charge in [0.15, 0.2) is 10.8 Å². The molecule has 3 aromatic heterocycles. The lowest BCUT2D eigenvalue weighted by Gasteiger charge is -2.31. The number of hydrogen-bond acceptors (Lipinski definition) is 7. The van der Waals surface area contributed by atoms with Gasteiger partial charge in [-0.25, -0.2) is 4.98 Å². The van der Waals surface area contributed by atoms with Crippen molar-refractivity contribution in [2.75, 3.05) is 23.3 Å². The molecule has 4 rings (SSSR count). The lowest BCUT2D eigenvalue weighted by Crippen LogP contribution is -2.38. The Labute approximate surface area is 142 Å². The molecule has 1 saturated heterocycles. The predicted molar refractivity (Wildman–Crippen MR) is 91.2 cm³/mol. The number of rotatable bonds is 3. The second kappa shape index (κ2) is 6.16. The molecule has 4 heterocycles. The summed E-state index contributed by atoms with van der Waals surface area (Å²) in [6.45, 7) is 3.58. The van der Waals surface area contributed by atoms with Gasteiger partial charge in [0.25, 0.3) is 0 Å². The van der Waals surface area contributed by atoms with Crippen molar-refractivity contribution in [2.45, 2.75) is 19.8 Å². The fourth-order valence-corrected chi connectivity index (χ4v) is 3.55. The highest BCUT2D eigenvalue weighted by Gasteiger charge is 2.26. The third-order valence-corrected chi connectivity index (χ3v) is 5.02. The largest absolute Gasteiger partial charge is 0.355 e. The Bertz CT molecular complexity index is 865. The van der Waals surface area contributed by atoms with E-state index in [0.29, 0.717) is 5.13 Å². The van der Waals surface area contributed by atoms with Gasteiger partial charge in [-0.15, -0.1) is 26.6 Å². The van der Waals surface area contributed by atoms with Gasteiger partial charge in [-0.3, -0.25) is 4.79 Å². The van der Waals surface area contributed by atoms with E-state index < -0.39 is 0 Å². The van der Waals surface area contributed by atoms with E-state index in [-0.39, 0.29) is 11.8 Å². The first-order chi connectivity index (χ1) is 11.7. The van der Waals surface area contributed by atoms with Gasteiger partial charge in [0.1, 0.15) is 12.1 Å². The van der Waals surface area contributed by atoms with Gasteiger partial charge in [-0.1, -0.05) is 0 Å². The van der Waals surface area contributed by atoms with Crippen LogP contribution in [0.3, 0.4) is 0 Å². The summed E-state index contributed by atoms with van der Waals surface area (Å²) in [5.74, 6) is 0.965. The number of aryl methyl sites for hydroxylation is 1. The molecular formula is C15H17N7OS. The zero-order valence-electron chi connectivity index (χ0n) is 13.2. The Balaban J connectivity index is 1.38. The lowest BCUT2D eigenvalue weighted by molar-refractivity contribution is -0.120. The minimum absolute atomic E-state index is 0.0177. The Morgan fingerprint density at radius 1 is 1.33 bits per heavy atom. The molecule has 8 nitrogen and oxygen atoms in total. The number of carbonyl (C=O) groups is 1. The van der Waals surface area contributed by atoms with Crippen molar-refractivity contribution >= 4 is 33.8 Å². The number of carbonyl (C=O) groups excluding carboxylic acids is 1. The number of amides is 1. The molecule has 9 heteroatoms. The van der Waals surface area contributed by atoms with Crippen molar-refractivity contribution in [2.24, 2.45) is 5.92 Å². The molecule has 0 atom stereocenters. The lowest BCUT2D eigenvalue weighted by atomic mass is 9.96. The maximum absolute atomic E-state index is 12.4. The molecule has 1 aliphatic rings. The molecule has 124 valence electrons. The first-order valence-electron chi connectivity index (χ1n) is 7.84. The third-order valence-electron chi connectivity index (χ3n) is 4.19. The molecule has 0 aromatic carbocycles. The van der Waals surface area contributed by atoms with E-state index in [4.69, 9.17) is 0 Å². The highest BCUT2D eigenvalue weighted by atomic mass is 32.1. The number of nitrogens with one attached hydrogen (secondary N) is 1. The van der Waals surface area contributed by atoms with E-state index in [1.165, 1.54) is 11.3 Å². The molecule has 0 aliphatic carbocycles. The summed E-state index contributed by atoms with van der Waals surface area (Å²) in [6, 6.07) is 3.85. The summed E-state index contributed by atoms with van der Waals surface area (Å²) in [4.78, 5) is 19.8. The summed E-state index contributed by atoms with van der Waals surface area (Å²) in [7, 11) is 0. The van der Waals surface area contributed by atoms with E-state index in [1.807, 2.05) is 19.1 Å². The smallest absolute Gasteiger partial charge is 0.229 e. The van der Waals surface area contributed by atoms with Crippen LogP contribution in [0, 0.1) is 12.8 Å². The predicted octanol–water partition coefficient (Wildman–Crippen LogP) is 1.74. The van der Waals surface area contributed by atoms with Gasteiger partial charge in [0.2, 0.25) is 5.91 Å². The first-order valence-corrected chi connectivity index (χ1v) is 8.66. The summed E-state index contributed by atoms with van der Waals surface area (Å²) < 4.78 is 1.67. The number of hydrogen-bond donors (Lipinski definition) is 1. The van der Waals surface area contributed by atoms with Gasteiger partial charge >= 0.3 is 0 Å². The molecule has 0 saturated carbocycles. The fourth-order valence-electron chi connectivity index (χ4n) is 2.88. The average Bonchev–Trinajstić information content (AvgIpc) is 3.23. The van der Waals surface area contributed by atoms with Gasteiger partial charge < -0.3 is 10.2 Å². The van der Waals surface area contributed by atoms with Crippen molar-refractivity contribution < 1.29 is 4.79 Å². The summed E-state index contributed by atoms with van der Waals surface area (Å²) >= 11 is 1.50. The van der Waals surface area contributed by atoms with E-state index in [2.05, 4.69) is 30.5 Å². The van der Waals surface area contributed by atoms with Crippen LogP contribution >= 0.6 is 11.3 Å². The maximum Gasteiger partial charge on any atom is 0.229 e. The second-order valence-corrected chi connectivity index (χ2v) is 7.09. The van der Waals surface area contributed by atoms with E-state index in [9.17, 15) is 4.79 Å². The normalized spacial score (nSPS) is 15.8. The highest BCUT2D eigenvalue weighted by molar-refractivity contribution is 7.15. The Morgan fingerprint density at radius 2 is 2.17 bits per heavy atom. The molecule has 1 amide bonds. The van der Waals surface area contributed by atoms with Gasteiger partial charge in [-0.2, -0.15) is 4.52 Å². The van der Waals surface area contributed by atoms with Crippen LogP contribution in [0.25, 0.3) is 5.65 Å². The van der Waals surface area contributed by atoms with Crippen LogP contribution in [-0.2, 0) is 4.79 Å². The van der Waals surface area contributed by atoms with Crippen LogP contribution in [0.2, 0.25) is 0 Å². The van der Waals surface area contributed by atoms with Crippen LogP contribution in [0.1, 0.15) is 17.7 Å². The number of fused-ring (bicyclic) bond motifs is 1. The topological polar surface area (TPSA) is 88.3 Å². The number of thiazole rings is 1. The molecule has 1 fully saturated rings. The number of anilines is 2. The second-order valence-electron chi connectivity index (χ2n) is 5.85. The molecule has 1 N–H and O–H groups in total. The summed E-state index contributed by atoms with van der Waals surface area (Å²) in [6.07, 6.45) is 4.97. The van der Waals surface area contributed by atoms with Crippen molar-refractivity contribution in [1.29, 1.82) is 0 Å². The summed E-state index contributed by atoms with van der Waals surface area (Å²) in [5, 5.41) is 15.9. The van der Waals surface area contributed by atoms with Gasteiger partial charge in [-0.05, 0) is 31.9 Å². The zero-order chi connectivity index (χ0) is 16.5. The SMILES string of the molecule is Cc1cnc(NC(=O)C2CCN(c3ccc4nncn4n3)CC2)s1. The number of nitrogens with zero attached hydrogens (tertiary/aromatic N) is 6. The minimum atomic E-state index is 0.0177. The Hall–Kier alpha value is -2.55. The zero-order valence-corrected chi connectivity index (χ0v) is 14.0. The minimum Gasteiger partial charge on any atom is -0.355 e. The van der Waals surface area contributed by atoms with Crippen molar-refractivity contribution in [1.82, 2.24) is 24.8 Å². The van der Waals surface area contributed by atoms with Crippen LogP contribution in [-0.4, -0.2) is 43.8 Å². The quantitative estimate of drug-likeness (QED) is 0.779. The van der Waals surface area contributed by atoms with Crippen LogP contribution < -0.4 is 10.2 Å². The van der Waals surface area contributed by atoms with Crippen LogP contribution in [0.15, 0.2) is 24.7 Å². The Morgan fingerprint density at radius 3 is 2.92 bits per heavy atom.